The Bertz CT molecular complexity index is 3290. The number of hydrogen-bond acceptors (Lipinski definition) is 25. The van der Waals surface area contributed by atoms with Gasteiger partial charge in [-0.2, -0.15) is 0 Å². The summed E-state index contributed by atoms with van der Waals surface area (Å²) in [6.07, 6.45) is 15.2. The fourth-order valence-corrected chi connectivity index (χ4v) is 14.5. The van der Waals surface area contributed by atoms with Crippen LogP contribution in [0, 0.1) is 29.6 Å². The van der Waals surface area contributed by atoms with E-state index in [9.17, 15) is 48.9 Å². The lowest BCUT2D eigenvalue weighted by atomic mass is 9.80. The van der Waals surface area contributed by atoms with Crippen molar-refractivity contribution in [2.45, 2.75) is 199 Å². The lowest BCUT2D eigenvalue weighted by Crippen LogP contribution is -2.61. The summed E-state index contributed by atoms with van der Waals surface area (Å²) in [5.74, 6) is -7.95. The minimum absolute atomic E-state index is 0.0127. The molecule has 2 aromatic heterocycles. The smallest absolute Gasteiger partial charge is 0.329 e. The molecule has 1 saturated carbocycles. The highest BCUT2D eigenvalue weighted by Crippen LogP contribution is 2.38. The quantitative estimate of drug-likeness (QED) is 0.0348. The van der Waals surface area contributed by atoms with Gasteiger partial charge in [-0.15, -0.1) is 0 Å². The molecule has 2 amide bonds. The Morgan fingerprint density at radius 2 is 1.45 bits per heavy atom. The Morgan fingerprint density at radius 1 is 0.775 bits per heavy atom. The van der Waals surface area contributed by atoms with E-state index in [4.69, 9.17) is 46.4 Å². The lowest BCUT2D eigenvalue weighted by molar-refractivity contribution is -0.265. The van der Waals surface area contributed by atoms with E-state index in [0.717, 1.165) is 48.8 Å². The number of cyclic esters (lactones) is 1. The number of nitrogens with one attached hydrogen (secondary N) is 1. The molecule has 15 atom stereocenters. The van der Waals surface area contributed by atoms with Crippen LogP contribution in [0.2, 0.25) is 0 Å². The van der Waals surface area contributed by atoms with Crippen LogP contribution >= 0.6 is 12.2 Å². The van der Waals surface area contributed by atoms with Gasteiger partial charge >= 0.3 is 5.97 Å². The average molecular weight is 1440 g/mol. The van der Waals surface area contributed by atoms with E-state index >= 15 is 0 Å². The fraction of sp³-hybridized carbons (Fsp3) is 0.676. The van der Waals surface area contributed by atoms with Gasteiger partial charge in [-0.3, -0.25) is 33.7 Å². The SMILES string of the molecule is CO[C@H]1C[C@@H]2CC[C@@H](C)[C@@](O)(O2)C(=O)C(=O)N2CCCC[C@H]2C(=O)O[C@H]([C@H](N)C[C@@H]2CC[C@@H](OC(=S)NCc3cnc(N4CCN(C(=O)CCOCCN5CCN(c6ncc(C(C)=O)cn6)CC5)CC4)nc3)[C@H](OC)C2)CC(=O)[C@H](C)/C=C(\C)[C@@H](O)[C@@H](O)C(=O)[C@H](C)C[C@H](C)/C=C/C=C/C=C/1C. The van der Waals surface area contributed by atoms with Gasteiger partial charge < -0.3 is 74.4 Å². The maximum absolute atomic E-state index is 14.7. The summed E-state index contributed by atoms with van der Waals surface area (Å²) < 4.78 is 36.5. The normalized spacial score (nSPS) is 31.9. The number of nitrogens with zero attached hydrogens (tertiary/aromatic N) is 9. The molecule has 28 heteroatoms. The van der Waals surface area contributed by atoms with E-state index < -0.39 is 108 Å². The third kappa shape index (κ3) is 22.3. The number of esters is 1. The second-order valence-electron chi connectivity index (χ2n) is 28.6. The average Bonchev–Trinajstić information content (AvgIpc) is 0.771. The second-order valence-corrected chi connectivity index (χ2v) is 28.9. The zero-order valence-electron chi connectivity index (χ0n) is 60.9. The molecule has 1 aliphatic carbocycles. The van der Waals surface area contributed by atoms with Gasteiger partial charge in [0.2, 0.25) is 23.6 Å². The summed E-state index contributed by atoms with van der Waals surface area (Å²) in [5, 5.41) is 37.9. The number of piperidine rings is 1. The highest BCUT2D eigenvalue weighted by molar-refractivity contribution is 7.80. The van der Waals surface area contributed by atoms with E-state index in [2.05, 4.69) is 35.1 Å². The van der Waals surface area contributed by atoms with Gasteiger partial charge in [0.25, 0.3) is 16.9 Å². The molecular formula is C74H109N11O16S. The van der Waals surface area contributed by atoms with Crippen LogP contribution in [-0.2, 0) is 63.7 Å². The Morgan fingerprint density at radius 3 is 2.12 bits per heavy atom. The van der Waals surface area contributed by atoms with E-state index in [-0.39, 0.29) is 73.0 Å². The van der Waals surface area contributed by atoms with Gasteiger partial charge in [0.1, 0.15) is 36.2 Å². The first-order valence-electron chi connectivity index (χ1n) is 36.3. The molecule has 7 heterocycles. The molecule has 8 rings (SSSR count). The molecule has 27 nitrogen and oxygen atoms in total. The summed E-state index contributed by atoms with van der Waals surface area (Å²) in [6, 6.07) is -2.19. The Labute approximate surface area is 605 Å². The number of carbonyl (C=O) groups excluding carboxylic acids is 7. The highest BCUT2D eigenvalue weighted by atomic mass is 32.1. The maximum atomic E-state index is 14.7. The number of rotatable bonds is 17. The van der Waals surface area contributed by atoms with Gasteiger partial charge in [-0.1, -0.05) is 64.2 Å². The van der Waals surface area contributed by atoms with Gasteiger partial charge in [0.15, 0.2) is 11.6 Å². The number of nitrogens with two attached hydrogens (primary N) is 1. The molecule has 0 aromatic carbocycles. The number of ether oxygens (including phenoxy) is 6. The van der Waals surface area contributed by atoms with E-state index in [1.165, 1.54) is 19.9 Å². The van der Waals surface area contributed by atoms with E-state index in [1.807, 2.05) is 54.0 Å². The Hall–Kier alpha value is -6.86. The van der Waals surface area contributed by atoms with Crippen molar-refractivity contribution in [2.24, 2.45) is 35.3 Å². The predicted molar refractivity (Wildman–Crippen MR) is 384 cm³/mol. The molecule has 0 unspecified atom stereocenters. The molecule has 0 radical (unpaired) electrons. The number of aliphatic hydroxyl groups excluding tert-OH is 2. The van der Waals surface area contributed by atoms with Crippen molar-refractivity contribution in [1.82, 2.24) is 40.0 Å². The van der Waals surface area contributed by atoms with Gasteiger partial charge in [-0.05, 0) is 120 Å². The third-order valence-corrected chi connectivity index (χ3v) is 21.2. The number of Topliss-reactive ketones (excluding diaryl/α,β-unsaturated/α-hetero) is 4. The van der Waals surface area contributed by atoms with Gasteiger partial charge in [-0.25, -0.2) is 24.7 Å². The molecule has 4 saturated heterocycles. The van der Waals surface area contributed by atoms with Crippen LogP contribution in [0.3, 0.4) is 0 Å². The topological polar surface area (TPSA) is 341 Å². The molecule has 2 aromatic rings. The van der Waals surface area contributed by atoms with Crippen LogP contribution in [0.15, 0.2) is 72.4 Å². The number of aromatic nitrogens is 4. The number of piperazine rings is 2. The lowest BCUT2D eigenvalue weighted by Gasteiger charge is -2.42. The summed E-state index contributed by atoms with van der Waals surface area (Å²) in [5.41, 5.74) is 9.35. The first kappa shape index (κ1) is 80.8. The second kappa shape index (κ2) is 38.8. The number of ketones is 4. The Balaban J connectivity index is 0.834. The van der Waals surface area contributed by atoms with Crippen LogP contribution in [-0.4, -0.2) is 250 Å². The zero-order chi connectivity index (χ0) is 73.8. The van der Waals surface area contributed by atoms with Crippen LogP contribution in [0.25, 0.3) is 0 Å². The number of amides is 2. The summed E-state index contributed by atoms with van der Waals surface area (Å²) in [7, 11) is 3.14. The maximum Gasteiger partial charge on any atom is 0.329 e. The molecule has 6 aliphatic rings. The number of thiocarbonyl (C=S) groups is 1. The van der Waals surface area contributed by atoms with Crippen LogP contribution in [0.5, 0.6) is 0 Å². The molecule has 102 heavy (non-hydrogen) atoms. The minimum Gasteiger partial charge on any atom is -0.465 e. The van der Waals surface area contributed by atoms with Gasteiger partial charge in [0.05, 0.1) is 43.5 Å². The summed E-state index contributed by atoms with van der Waals surface area (Å²) in [4.78, 5) is 124. The minimum atomic E-state index is -2.50. The predicted octanol–water partition coefficient (Wildman–Crippen LogP) is 4.98. The number of hydrogen-bond donors (Lipinski definition) is 5. The van der Waals surface area contributed by atoms with Gasteiger partial charge in [0, 0.05) is 153 Å². The Kier molecular flexibility index (Phi) is 30.7. The van der Waals surface area contributed by atoms with Crippen LogP contribution in [0.1, 0.15) is 148 Å². The monoisotopic (exact) mass is 1440 g/mol. The number of methoxy groups -OCH3 is 2. The van der Waals surface area contributed by atoms with E-state index in [1.54, 1.807) is 59.8 Å². The van der Waals surface area contributed by atoms with Crippen molar-refractivity contribution in [1.29, 1.82) is 0 Å². The third-order valence-electron chi connectivity index (χ3n) is 21.0. The molecule has 562 valence electrons. The van der Waals surface area contributed by atoms with Crippen molar-refractivity contribution in [2.75, 3.05) is 103 Å². The number of allylic oxidation sites excluding steroid dienone is 6. The number of anilines is 2. The molecule has 6 N–H and O–H groups in total. The number of fused-ring (bicyclic) bond motifs is 3. The van der Waals surface area contributed by atoms with E-state index in [0.29, 0.717) is 115 Å². The van der Waals surface area contributed by atoms with Crippen molar-refractivity contribution in [3.05, 3.63) is 83.5 Å². The largest absolute Gasteiger partial charge is 0.465 e. The molecule has 5 fully saturated rings. The highest BCUT2D eigenvalue weighted by Gasteiger charge is 2.53. The first-order valence-corrected chi connectivity index (χ1v) is 36.7. The van der Waals surface area contributed by atoms with Crippen LogP contribution < -0.4 is 20.9 Å². The molecule has 5 aliphatic heterocycles. The summed E-state index contributed by atoms with van der Waals surface area (Å²) >= 11 is 5.68. The van der Waals surface area contributed by atoms with Crippen molar-refractivity contribution < 1.29 is 77.3 Å². The van der Waals surface area contributed by atoms with Crippen LogP contribution in [0.4, 0.5) is 11.9 Å². The summed E-state index contributed by atoms with van der Waals surface area (Å²) in [6.45, 7) is 19.1. The van der Waals surface area contributed by atoms with Crippen molar-refractivity contribution in [3.8, 4) is 0 Å². The fourth-order valence-electron chi connectivity index (χ4n) is 14.4. The molecular weight excluding hydrogens is 1330 g/mol. The first-order chi connectivity index (χ1) is 48.8. The molecule has 0 spiro atoms. The zero-order valence-corrected chi connectivity index (χ0v) is 61.7. The molecule has 2 bridgehead atoms. The number of carbonyl (C=O) groups is 7. The van der Waals surface area contributed by atoms with Crippen molar-refractivity contribution >= 4 is 70.2 Å². The van der Waals surface area contributed by atoms with Crippen molar-refractivity contribution in [3.63, 3.8) is 0 Å². The number of aliphatic hydroxyl groups is 3. The standard InChI is InChI=1S/C74H109N11O16S/c1-46-15-11-10-12-16-47(2)61(96-8)39-56-20-18-51(6)74(95,101-56)68(92)69(93)85-23-14-13-17-58(85)70(94)99-62(40-59(87)48(3)36-50(5)66(90)67(91)65(89)49(4)35-46)57(75)37-53-19-21-60(63(38-53)97-9)100-73(102)80-43-54-41-76-71(77-42-54)84-30-28-82(29-31-84)64(88)22-33-98-34-32-81-24-26-83(27-25-81)72-78-44-55(45-79-72)52(7)86/h10-12,15-16,36,41-42,44-46,48-49,51,53,56-58,60-63,66-67,90-91,95H,13-14,17-35,37-40,43,75H2,1-9H3,(H,80,102)/b12-10+,15-11+,47-16+,50-36+/t46-,48-,49-,51-,53+,56+,57-,58+,60-,61+,62+,63-,66-,67+,74-/m1/s1.